The van der Waals surface area contributed by atoms with Gasteiger partial charge in [0.25, 0.3) is 6.47 Å². The maximum atomic E-state index is 11.8. The van der Waals surface area contributed by atoms with Crippen molar-refractivity contribution in [1.29, 1.82) is 0 Å². The SMILES string of the molecule is CCCCCC1OC1CC(OC=O)C(CCCCCCCC(=O)OC)OC(CC1OC1CC1OC1CC)C(O)CCCCCCCC(=O)OC. The van der Waals surface area contributed by atoms with Crippen LogP contribution in [-0.4, -0.2) is 98.8 Å². The van der Waals surface area contributed by atoms with Gasteiger partial charge in [0, 0.05) is 32.1 Å². The molecule has 3 saturated heterocycles. The van der Waals surface area contributed by atoms with Crippen molar-refractivity contribution >= 4 is 18.4 Å². The lowest BCUT2D eigenvalue weighted by atomic mass is 9.96. The fourth-order valence-electron chi connectivity index (χ4n) is 7.19. The van der Waals surface area contributed by atoms with E-state index in [1.165, 1.54) is 20.6 Å². The first kappa shape index (κ1) is 42.6. The summed E-state index contributed by atoms with van der Waals surface area (Å²) in [4.78, 5) is 34.7. The largest absolute Gasteiger partial charge is 0.469 e. The summed E-state index contributed by atoms with van der Waals surface area (Å²) in [6, 6.07) is 0. The van der Waals surface area contributed by atoms with E-state index in [1.54, 1.807) is 0 Å². The first-order valence-corrected chi connectivity index (χ1v) is 19.9. The van der Waals surface area contributed by atoms with Gasteiger partial charge in [-0.2, -0.15) is 0 Å². The number of unbranched alkanes of at least 4 members (excludes halogenated alkanes) is 10. The van der Waals surface area contributed by atoms with Gasteiger partial charge in [-0.25, -0.2) is 0 Å². The Morgan fingerprint density at radius 2 is 1.18 bits per heavy atom. The Balaban J connectivity index is 1.60. The molecule has 0 amide bonds. The van der Waals surface area contributed by atoms with E-state index in [2.05, 4.69) is 13.8 Å². The molecule has 11 nitrogen and oxygen atoms in total. The molecule has 0 aromatic rings. The summed E-state index contributed by atoms with van der Waals surface area (Å²) in [5.41, 5.74) is 0. The molecule has 0 aliphatic carbocycles. The second-order valence-electron chi connectivity index (χ2n) is 14.6. The fourth-order valence-corrected chi connectivity index (χ4v) is 7.19. The Kier molecular flexibility index (Phi) is 20.8. The van der Waals surface area contributed by atoms with Gasteiger partial charge in [-0.15, -0.1) is 0 Å². The van der Waals surface area contributed by atoms with Crippen molar-refractivity contribution < 1.29 is 52.6 Å². The highest BCUT2D eigenvalue weighted by Crippen LogP contribution is 2.40. The van der Waals surface area contributed by atoms with E-state index < -0.39 is 18.3 Å². The average molecular weight is 713 g/mol. The van der Waals surface area contributed by atoms with Crippen LogP contribution in [0.3, 0.4) is 0 Å². The third-order valence-electron chi connectivity index (χ3n) is 10.6. The first-order valence-electron chi connectivity index (χ1n) is 19.9. The summed E-state index contributed by atoms with van der Waals surface area (Å²) in [6.45, 7) is 4.85. The van der Waals surface area contributed by atoms with Crippen molar-refractivity contribution in [2.24, 2.45) is 0 Å². The summed E-state index contributed by atoms with van der Waals surface area (Å²) < 4.78 is 39.9. The number of epoxide rings is 3. The molecule has 3 aliphatic rings. The van der Waals surface area contributed by atoms with Crippen molar-refractivity contribution in [2.45, 2.75) is 216 Å². The molecule has 3 rings (SSSR count). The van der Waals surface area contributed by atoms with E-state index in [9.17, 15) is 19.5 Å². The van der Waals surface area contributed by atoms with Crippen molar-refractivity contribution in [1.82, 2.24) is 0 Å². The van der Waals surface area contributed by atoms with Gasteiger partial charge in [-0.3, -0.25) is 14.4 Å². The maximum absolute atomic E-state index is 11.8. The van der Waals surface area contributed by atoms with Crippen LogP contribution >= 0.6 is 0 Å². The lowest BCUT2D eigenvalue weighted by Gasteiger charge is -2.32. The maximum Gasteiger partial charge on any atom is 0.305 e. The molecule has 0 radical (unpaired) electrons. The number of esters is 2. The predicted molar refractivity (Wildman–Crippen MR) is 189 cm³/mol. The molecule has 10 unspecified atom stereocenters. The van der Waals surface area contributed by atoms with E-state index in [-0.39, 0.29) is 48.6 Å². The zero-order chi connectivity index (χ0) is 36.1. The normalized spacial score (nSPS) is 26.0. The zero-order valence-corrected chi connectivity index (χ0v) is 31.4. The van der Waals surface area contributed by atoms with Crippen molar-refractivity contribution in [3.63, 3.8) is 0 Å². The molecule has 0 spiro atoms. The summed E-state index contributed by atoms with van der Waals surface area (Å²) in [5.74, 6) is -0.354. The number of hydrogen-bond acceptors (Lipinski definition) is 11. The minimum atomic E-state index is -0.688. The predicted octanol–water partition coefficient (Wildman–Crippen LogP) is 6.91. The molecule has 1 N–H and O–H groups in total. The summed E-state index contributed by atoms with van der Waals surface area (Å²) in [7, 11) is 2.83. The lowest BCUT2D eigenvalue weighted by molar-refractivity contribution is -0.157. The number of carbonyl (C=O) groups is 3. The topological polar surface area (TPSA) is 146 Å². The lowest BCUT2D eigenvalue weighted by Crippen LogP contribution is -2.41. The Hall–Kier alpha value is -1.79. The van der Waals surface area contributed by atoms with Gasteiger partial charge < -0.3 is 38.3 Å². The number of aliphatic hydroxyl groups excluding tert-OH is 1. The Labute approximate surface area is 301 Å². The van der Waals surface area contributed by atoms with Gasteiger partial charge in [-0.1, -0.05) is 84.5 Å². The third-order valence-corrected chi connectivity index (χ3v) is 10.6. The Morgan fingerprint density at radius 1 is 0.640 bits per heavy atom. The van der Waals surface area contributed by atoms with Crippen LogP contribution < -0.4 is 0 Å². The molecule has 290 valence electrons. The molecule has 0 saturated carbocycles. The molecule has 3 fully saturated rings. The molecular weight excluding hydrogens is 644 g/mol. The second kappa shape index (κ2) is 24.5. The number of methoxy groups -OCH3 is 2. The minimum absolute atomic E-state index is 0.00490. The van der Waals surface area contributed by atoms with Gasteiger partial charge in [-0.05, 0) is 38.5 Å². The third kappa shape index (κ3) is 17.2. The highest BCUT2D eigenvalue weighted by Gasteiger charge is 2.49. The quantitative estimate of drug-likeness (QED) is 0.0249. The van der Waals surface area contributed by atoms with Crippen molar-refractivity contribution in [3.05, 3.63) is 0 Å². The van der Waals surface area contributed by atoms with Crippen molar-refractivity contribution in [3.8, 4) is 0 Å². The van der Waals surface area contributed by atoms with Crippen LogP contribution in [0.15, 0.2) is 0 Å². The van der Waals surface area contributed by atoms with E-state index in [0.29, 0.717) is 51.1 Å². The smallest absolute Gasteiger partial charge is 0.305 e. The van der Waals surface area contributed by atoms with Gasteiger partial charge in [0.2, 0.25) is 0 Å². The monoisotopic (exact) mass is 712 g/mol. The number of aliphatic hydroxyl groups is 1. The molecule has 3 heterocycles. The number of hydrogen-bond donors (Lipinski definition) is 1. The Morgan fingerprint density at radius 3 is 1.78 bits per heavy atom. The zero-order valence-electron chi connectivity index (χ0n) is 31.4. The highest BCUT2D eigenvalue weighted by molar-refractivity contribution is 5.69. The minimum Gasteiger partial charge on any atom is -0.469 e. The summed E-state index contributed by atoms with van der Waals surface area (Å²) in [5, 5.41) is 11.6. The molecule has 0 aromatic heterocycles. The number of rotatable bonds is 33. The molecule has 50 heavy (non-hydrogen) atoms. The van der Waals surface area contributed by atoms with E-state index >= 15 is 0 Å². The molecule has 10 atom stereocenters. The van der Waals surface area contributed by atoms with E-state index in [4.69, 9.17) is 33.2 Å². The standard InChI is InChI=1S/C39H68O11/c1-5-7-14-20-31-35(49-31)25-33(46-27-40)30(21-16-11-9-13-18-23-39(43)45-4)48-32(24-36-37(50-36)26-34-29(6-2)47-34)28(41)19-15-10-8-12-17-22-38(42)44-3/h27-37,41H,5-26H2,1-4H3. The highest BCUT2D eigenvalue weighted by atomic mass is 16.6. The van der Waals surface area contributed by atoms with Crippen LogP contribution in [0.4, 0.5) is 0 Å². The second-order valence-corrected chi connectivity index (χ2v) is 14.6. The molecule has 3 aliphatic heterocycles. The molecule has 0 bridgehead atoms. The number of ether oxygens (including phenoxy) is 7. The van der Waals surface area contributed by atoms with Crippen LogP contribution in [0.5, 0.6) is 0 Å². The fraction of sp³-hybridized carbons (Fsp3) is 0.923. The van der Waals surface area contributed by atoms with E-state index in [0.717, 1.165) is 96.3 Å². The molecule has 11 heteroatoms. The average Bonchev–Trinajstić information content (AvgIpc) is 4.06. The van der Waals surface area contributed by atoms with Crippen LogP contribution in [0.1, 0.15) is 155 Å². The summed E-state index contributed by atoms with van der Waals surface area (Å²) in [6.07, 6.45) is 17.7. The van der Waals surface area contributed by atoms with Crippen LogP contribution in [0, 0.1) is 0 Å². The summed E-state index contributed by atoms with van der Waals surface area (Å²) >= 11 is 0. The Bertz CT molecular complexity index is 947. The van der Waals surface area contributed by atoms with Gasteiger partial charge >= 0.3 is 11.9 Å². The number of carbonyl (C=O) groups excluding carboxylic acids is 3. The van der Waals surface area contributed by atoms with Crippen molar-refractivity contribution in [2.75, 3.05) is 14.2 Å². The van der Waals surface area contributed by atoms with Crippen LogP contribution in [0.25, 0.3) is 0 Å². The van der Waals surface area contributed by atoms with Gasteiger partial charge in [0.1, 0.15) is 6.10 Å². The first-order chi connectivity index (χ1) is 24.3. The van der Waals surface area contributed by atoms with Crippen LogP contribution in [0.2, 0.25) is 0 Å². The molecular formula is C39H68O11. The van der Waals surface area contributed by atoms with Gasteiger partial charge in [0.15, 0.2) is 0 Å². The van der Waals surface area contributed by atoms with Gasteiger partial charge in [0.05, 0.1) is 69.2 Å². The van der Waals surface area contributed by atoms with E-state index in [1.807, 2.05) is 0 Å². The molecule has 0 aromatic carbocycles. The van der Waals surface area contributed by atoms with Crippen LogP contribution in [-0.2, 0) is 47.5 Å².